The number of anilines is 2. The van der Waals surface area contributed by atoms with E-state index in [1.165, 1.54) is 6.20 Å². The van der Waals surface area contributed by atoms with Crippen molar-refractivity contribution in [1.82, 2.24) is 15.0 Å². The van der Waals surface area contributed by atoms with Crippen LogP contribution in [0.2, 0.25) is 0 Å². The van der Waals surface area contributed by atoms with Gasteiger partial charge in [0.05, 0.1) is 5.69 Å². The molecule has 0 radical (unpaired) electrons. The van der Waals surface area contributed by atoms with Crippen LogP contribution in [0.4, 0.5) is 11.6 Å². The lowest BCUT2D eigenvalue weighted by molar-refractivity contribution is 0.102. The zero-order valence-electron chi connectivity index (χ0n) is 16.3. The molecule has 3 rings (SSSR count). The number of nitrogens with one attached hydrogen (secondary N) is 2. The highest BCUT2D eigenvalue weighted by atomic mass is 16.2. The monoisotopic (exact) mass is 377 g/mol. The van der Waals surface area contributed by atoms with Gasteiger partial charge in [0.1, 0.15) is 5.69 Å². The molecule has 1 amide bonds. The Hall–Kier alpha value is -3.48. The minimum Gasteiger partial charge on any atom is -0.368 e. The highest BCUT2D eigenvalue weighted by Crippen LogP contribution is 2.23. The van der Waals surface area contributed by atoms with E-state index < -0.39 is 5.56 Å². The fourth-order valence-electron chi connectivity index (χ4n) is 2.78. The van der Waals surface area contributed by atoms with Crippen LogP contribution in [0.3, 0.4) is 0 Å². The van der Waals surface area contributed by atoms with Gasteiger partial charge in [0.2, 0.25) is 5.95 Å². The van der Waals surface area contributed by atoms with Crippen LogP contribution in [0.1, 0.15) is 42.3 Å². The molecule has 0 aliphatic heterocycles. The normalized spacial score (nSPS) is 11.3. The molecule has 0 aliphatic carbocycles. The van der Waals surface area contributed by atoms with Crippen molar-refractivity contribution >= 4 is 17.5 Å². The number of H-pyrrole nitrogens is 1. The molecule has 7 nitrogen and oxygen atoms in total. The Morgan fingerprint density at radius 2 is 1.86 bits per heavy atom. The summed E-state index contributed by atoms with van der Waals surface area (Å²) in [5.74, 6) is -0.224. The summed E-state index contributed by atoms with van der Waals surface area (Å²) in [4.78, 5) is 35.6. The molecule has 4 N–H and O–H groups in total. The smallest absolute Gasteiger partial charge is 0.271 e. The van der Waals surface area contributed by atoms with Gasteiger partial charge in [0.25, 0.3) is 11.5 Å². The van der Waals surface area contributed by atoms with Crippen LogP contribution in [0.25, 0.3) is 11.3 Å². The summed E-state index contributed by atoms with van der Waals surface area (Å²) in [6, 6.07) is 8.92. The standard InChI is InChI=1S/C21H23N5O2/c1-12-10-24-20(22)26-17(12)14-9-16(19(28)23-11-14)25-18(27)13-5-7-15(8-6-13)21(2,3)4/h5-11H,1-4H3,(H,23,28)(H,25,27)(H2,22,24,26). The van der Waals surface area contributed by atoms with Crippen molar-refractivity contribution < 1.29 is 4.79 Å². The molecule has 0 spiro atoms. The first-order chi connectivity index (χ1) is 13.1. The van der Waals surface area contributed by atoms with Crippen LogP contribution in [-0.4, -0.2) is 20.9 Å². The maximum absolute atomic E-state index is 12.6. The number of hydrogen-bond donors (Lipinski definition) is 3. The van der Waals surface area contributed by atoms with E-state index in [2.05, 4.69) is 41.0 Å². The summed E-state index contributed by atoms with van der Waals surface area (Å²) in [5, 5.41) is 2.67. The number of nitrogens with zero attached hydrogens (tertiary/aromatic N) is 2. The zero-order valence-corrected chi connectivity index (χ0v) is 16.3. The number of pyridine rings is 1. The van der Waals surface area contributed by atoms with Crippen LogP contribution in [0.15, 0.2) is 47.5 Å². The number of nitrogen functional groups attached to an aromatic ring is 1. The first kappa shape index (κ1) is 19.3. The second-order valence-corrected chi connectivity index (χ2v) is 7.67. The third-order valence-corrected chi connectivity index (χ3v) is 4.43. The molecule has 0 unspecified atom stereocenters. The number of aromatic amines is 1. The molecule has 144 valence electrons. The molecule has 0 aliphatic rings. The number of aryl methyl sites for hydroxylation is 1. The van der Waals surface area contributed by atoms with Crippen molar-refractivity contribution in [1.29, 1.82) is 0 Å². The second kappa shape index (κ2) is 7.26. The van der Waals surface area contributed by atoms with Gasteiger partial charge in [-0.2, -0.15) is 0 Å². The van der Waals surface area contributed by atoms with E-state index in [0.717, 1.165) is 11.1 Å². The maximum Gasteiger partial charge on any atom is 0.271 e. The molecule has 0 saturated carbocycles. The predicted octanol–water partition coefficient (Wildman–Crippen LogP) is 3.27. The fraction of sp³-hybridized carbons (Fsp3) is 0.238. The van der Waals surface area contributed by atoms with Crippen LogP contribution < -0.4 is 16.6 Å². The van der Waals surface area contributed by atoms with Gasteiger partial charge in [-0.25, -0.2) is 9.97 Å². The van der Waals surface area contributed by atoms with Gasteiger partial charge in [-0.05, 0) is 41.7 Å². The Labute approximate surface area is 163 Å². The minimum absolute atomic E-state index is 0.00225. The van der Waals surface area contributed by atoms with Gasteiger partial charge in [0.15, 0.2) is 0 Å². The van der Waals surface area contributed by atoms with Crippen LogP contribution >= 0.6 is 0 Å². The lowest BCUT2D eigenvalue weighted by Gasteiger charge is -2.19. The Kier molecular flexibility index (Phi) is 5.00. The van der Waals surface area contributed by atoms with E-state index in [9.17, 15) is 9.59 Å². The van der Waals surface area contributed by atoms with Crippen molar-refractivity contribution in [3.05, 3.63) is 69.8 Å². The molecular formula is C21H23N5O2. The maximum atomic E-state index is 12.6. The molecule has 2 heterocycles. The van der Waals surface area contributed by atoms with E-state index >= 15 is 0 Å². The van der Waals surface area contributed by atoms with Gasteiger partial charge in [0, 0.05) is 23.5 Å². The van der Waals surface area contributed by atoms with Gasteiger partial charge < -0.3 is 16.0 Å². The lowest BCUT2D eigenvalue weighted by Crippen LogP contribution is -2.20. The van der Waals surface area contributed by atoms with E-state index in [1.54, 1.807) is 24.4 Å². The average Bonchev–Trinajstić information content (AvgIpc) is 2.65. The van der Waals surface area contributed by atoms with E-state index in [-0.39, 0.29) is 23.0 Å². The Morgan fingerprint density at radius 3 is 2.50 bits per heavy atom. The largest absolute Gasteiger partial charge is 0.368 e. The number of aromatic nitrogens is 3. The molecule has 7 heteroatoms. The van der Waals surface area contributed by atoms with Gasteiger partial charge in [-0.3, -0.25) is 9.59 Å². The first-order valence-corrected chi connectivity index (χ1v) is 8.89. The highest BCUT2D eigenvalue weighted by Gasteiger charge is 2.15. The number of amides is 1. The highest BCUT2D eigenvalue weighted by molar-refractivity contribution is 6.04. The number of rotatable bonds is 3. The first-order valence-electron chi connectivity index (χ1n) is 8.89. The number of carbonyl (C=O) groups excluding carboxylic acids is 1. The molecule has 0 saturated heterocycles. The fourth-order valence-corrected chi connectivity index (χ4v) is 2.78. The summed E-state index contributed by atoms with van der Waals surface area (Å²) in [6.07, 6.45) is 3.14. The molecule has 0 atom stereocenters. The number of hydrogen-bond acceptors (Lipinski definition) is 5. The van der Waals surface area contributed by atoms with E-state index in [4.69, 9.17) is 5.73 Å². The second-order valence-electron chi connectivity index (χ2n) is 7.67. The third kappa shape index (κ3) is 4.09. The van der Waals surface area contributed by atoms with Crippen molar-refractivity contribution in [3.8, 4) is 11.3 Å². The van der Waals surface area contributed by atoms with Crippen LogP contribution in [0.5, 0.6) is 0 Å². The Bertz CT molecular complexity index is 1080. The van der Waals surface area contributed by atoms with E-state index in [0.29, 0.717) is 16.8 Å². The molecule has 0 bridgehead atoms. The molecule has 2 aromatic heterocycles. The Balaban J connectivity index is 1.89. The van der Waals surface area contributed by atoms with E-state index in [1.807, 2.05) is 19.1 Å². The molecule has 1 aromatic carbocycles. The summed E-state index contributed by atoms with van der Waals surface area (Å²) in [5.41, 5.74) is 9.03. The topological polar surface area (TPSA) is 114 Å². The van der Waals surface area contributed by atoms with Crippen LogP contribution in [-0.2, 0) is 5.41 Å². The van der Waals surface area contributed by atoms with Crippen molar-refractivity contribution in [2.45, 2.75) is 33.1 Å². The van der Waals surface area contributed by atoms with Crippen LogP contribution in [0, 0.1) is 6.92 Å². The van der Waals surface area contributed by atoms with Crippen molar-refractivity contribution in [2.24, 2.45) is 0 Å². The number of benzene rings is 1. The summed E-state index contributed by atoms with van der Waals surface area (Å²) in [6.45, 7) is 8.16. The summed E-state index contributed by atoms with van der Waals surface area (Å²) < 4.78 is 0. The quantitative estimate of drug-likeness (QED) is 0.648. The minimum atomic E-state index is -0.400. The summed E-state index contributed by atoms with van der Waals surface area (Å²) >= 11 is 0. The van der Waals surface area contributed by atoms with Gasteiger partial charge in [-0.15, -0.1) is 0 Å². The lowest BCUT2D eigenvalue weighted by atomic mass is 9.87. The molecular weight excluding hydrogens is 354 g/mol. The zero-order chi connectivity index (χ0) is 20.5. The third-order valence-electron chi connectivity index (χ3n) is 4.43. The van der Waals surface area contributed by atoms with Gasteiger partial charge >= 0.3 is 0 Å². The average molecular weight is 377 g/mol. The Morgan fingerprint density at radius 1 is 1.18 bits per heavy atom. The predicted molar refractivity (Wildman–Crippen MR) is 110 cm³/mol. The SMILES string of the molecule is Cc1cnc(N)nc1-c1c[nH]c(=O)c(NC(=O)c2ccc(C(C)(C)C)cc2)c1. The van der Waals surface area contributed by atoms with Gasteiger partial charge in [-0.1, -0.05) is 32.9 Å². The molecule has 0 fully saturated rings. The van der Waals surface area contributed by atoms with Crippen molar-refractivity contribution in [2.75, 3.05) is 11.1 Å². The molecule has 3 aromatic rings. The molecule has 28 heavy (non-hydrogen) atoms. The van der Waals surface area contributed by atoms with Crippen molar-refractivity contribution in [3.63, 3.8) is 0 Å². The number of carbonyl (C=O) groups is 1. The number of nitrogens with two attached hydrogens (primary N) is 1. The summed E-state index contributed by atoms with van der Waals surface area (Å²) in [7, 11) is 0.